The normalized spacial score (nSPS) is 12.5. The molecular weight excluding hydrogens is 437 g/mol. The van der Waals surface area contributed by atoms with Crippen LogP contribution in [-0.2, 0) is 0 Å². The van der Waals surface area contributed by atoms with E-state index in [0.717, 1.165) is 18.7 Å². The minimum absolute atomic E-state index is 0.354. The van der Waals surface area contributed by atoms with Crippen molar-refractivity contribution in [2.24, 2.45) is 5.73 Å². The molecule has 0 spiro atoms. The summed E-state index contributed by atoms with van der Waals surface area (Å²) in [5, 5.41) is 1.02. The molecule has 0 aliphatic heterocycles. The van der Waals surface area contributed by atoms with E-state index >= 15 is 0 Å². The molecule has 0 saturated heterocycles. The van der Waals surface area contributed by atoms with Crippen LogP contribution in [0, 0.1) is 0 Å². The van der Waals surface area contributed by atoms with E-state index in [2.05, 4.69) is 31.9 Å². The van der Waals surface area contributed by atoms with E-state index in [4.69, 9.17) is 33.7 Å². The molecule has 0 fully saturated rings. The van der Waals surface area contributed by atoms with E-state index in [-0.39, 0.29) is 6.04 Å². The molecule has 102 valence electrons. The quantitative estimate of drug-likeness (QED) is 0.663. The molecule has 1 atom stereocenters. The van der Waals surface area contributed by atoms with Crippen molar-refractivity contribution in [1.29, 1.82) is 0 Å². The molecule has 2 nitrogen and oxygen atoms in total. The number of ether oxygens (including phenoxy) is 1. The lowest BCUT2D eigenvalue weighted by atomic mass is 10.0. The molecule has 7 heteroatoms. The molecule has 1 aromatic heterocycles. The van der Waals surface area contributed by atoms with Gasteiger partial charge >= 0.3 is 0 Å². The van der Waals surface area contributed by atoms with Gasteiger partial charge in [0.1, 0.15) is 5.75 Å². The van der Waals surface area contributed by atoms with Crippen molar-refractivity contribution in [3.63, 3.8) is 0 Å². The summed E-state index contributed by atoms with van der Waals surface area (Å²) in [7, 11) is 1.55. The van der Waals surface area contributed by atoms with Crippen molar-refractivity contribution < 1.29 is 4.74 Å². The molecule has 1 unspecified atom stereocenters. The van der Waals surface area contributed by atoms with Gasteiger partial charge in [-0.25, -0.2) is 0 Å². The Morgan fingerprint density at radius 2 is 1.84 bits per heavy atom. The molecule has 0 saturated carbocycles. The number of methoxy groups -OCH3 is 1. The molecule has 2 rings (SSSR count). The van der Waals surface area contributed by atoms with E-state index in [0.29, 0.717) is 15.8 Å². The standard InChI is InChI=1S/C12H9Br2Cl2NOS/c1-18-9-4-7(15)5(2-8(9)16)11(17)6-3-10(13)19-12(6)14/h2-4,11H,17H2,1H3. The molecular formula is C12H9Br2Cl2NOS. The van der Waals surface area contributed by atoms with Crippen LogP contribution in [0.5, 0.6) is 5.75 Å². The lowest BCUT2D eigenvalue weighted by Crippen LogP contribution is -2.12. The summed E-state index contributed by atoms with van der Waals surface area (Å²) in [6.45, 7) is 0. The third-order valence-corrected chi connectivity index (χ3v) is 5.63. The lowest BCUT2D eigenvalue weighted by molar-refractivity contribution is 0.415. The van der Waals surface area contributed by atoms with Crippen molar-refractivity contribution in [3.05, 3.63) is 46.9 Å². The Morgan fingerprint density at radius 1 is 1.16 bits per heavy atom. The third kappa shape index (κ3) is 3.28. The fourth-order valence-corrected chi connectivity index (χ4v) is 5.12. The number of hydrogen-bond acceptors (Lipinski definition) is 3. The molecule has 0 aliphatic rings. The molecule has 19 heavy (non-hydrogen) atoms. The number of hydrogen-bond donors (Lipinski definition) is 1. The molecule has 0 bridgehead atoms. The van der Waals surface area contributed by atoms with Crippen LogP contribution in [0.15, 0.2) is 25.8 Å². The minimum Gasteiger partial charge on any atom is -0.495 e. The van der Waals surface area contributed by atoms with Gasteiger partial charge in [-0.3, -0.25) is 0 Å². The monoisotopic (exact) mass is 443 g/mol. The molecule has 1 aromatic carbocycles. The van der Waals surface area contributed by atoms with Crippen LogP contribution in [0.2, 0.25) is 10.0 Å². The van der Waals surface area contributed by atoms with Crippen molar-refractivity contribution in [3.8, 4) is 5.75 Å². The van der Waals surface area contributed by atoms with Gasteiger partial charge in [-0.1, -0.05) is 23.2 Å². The second-order valence-corrected chi connectivity index (χ2v) is 8.33. The van der Waals surface area contributed by atoms with E-state index < -0.39 is 0 Å². The molecule has 1 heterocycles. The molecule has 0 radical (unpaired) electrons. The predicted molar refractivity (Wildman–Crippen MR) is 88.8 cm³/mol. The summed E-state index contributed by atoms with van der Waals surface area (Å²) in [5.74, 6) is 0.535. The Kier molecular flexibility index (Phi) is 5.20. The first kappa shape index (κ1) is 15.6. The highest BCUT2D eigenvalue weighted by atomic mass is 79.9. The van der Waals surface area contributed by atoms with Crippen molar-refractivity contribution in [2.45, 2.75) is 6.04 Å². The Morgan fingerprint density at radius 3 is 2.37 bits per heavy atom. The number of nitrogens with two attached hydrogens (primary N) is 1. The predicted octanol–water partition coefficient (Wildman–Crippen LogP) is 5.64. The van der Waals surface area contributed by atoms with E-state index in [1.807, 2.05) is 6.07 Å². The van der Waals surface area contributed by atoms with Gasteiger partial charge in [-0.2, -0.15) is 0 Å². The number of thiophene rings is 1. The molecule has 2 aromatic rings. The second-order valence-electron chi connectivity index (χ2n) is 3.77. The van der Waals surface area contributed by atoms with Gasteiger partial charge < -0.3 is 10.5 Å². The molecule has 2 N–H and O–H groups in total. The SMILES string of the molecule is COc1cc(Cl)c(C(N)c2cc(Br)sc2Br)cc1Cl. The van der Waals surface area contributed by atoms with E-state index in [1.54, 1.807) is 30.6 Å². The van der Waals surface area contributed by atoms with E-state index in [1.165, 1.54) is 0 Å². The zero-order valence-corrected chi connectivity index (χ0v) is 15.2. The first-order valence-electron chi connectivity index (χ1n) is 5.17. The summed E-state index contributed by atoms with van der Waals surface area (Å²) in [4.78, 5) is 0. The van der Waals surface area contributed by atoms with Gasteiger partial charge in [-0.05, 0) is 55.1 Å². The highest BCUT2D eigenvalue weighted by molar-refractivity contribution is 9.12. The zero-order chi connectivity index (χ0) is 14.2. The fourth-order valence-electron chi connectivity index (χ4n) is 1.67. The molecule has 0 aliphatic carbocycles. The number of benzene rings is 1. The Bertz CT molecular complexity index is 618. The van der Waals surface area contributed by atoms with Crippen LogP contribution in [0.25, 0.3) is 0 Å². The second kappa shape index (κ2) is 6.33. The third-order valence-electron chi connectivity index (χ3n) is 2.62. The van der Waals surface area contributed by atoms with Gasteiger partial charge in [0.2, 0.25) is 0 Å². The minimum atomic E-state index is -0.354. The van der Waals surface area contributed by atoms with Crippen LogP contribution < -0.4 is 10.5 Å². The van der Waals surface area contributed by atoms with Crippen molar-refractivity contribution in [2.75, 3.05) is 7.11 Å². The van der Waals surface area contributed by atoms with Crippen LogP contribution in [0.4, 0.5) is 0 Å². The van der Waals surface area contributed by atoms with Crippen LogP contribution in [-0.4, -0.2) is 7.11 Å². The van der Waals surface area contributed by atoms with Gasteiger partial charge in [0.05, 0.1) is 25.7 Å². The average Bonchev–Trinajstić information content (AvgIpc) is 2.70. The van der Waals surface area contributed by atoms with E-state index in [9.17, 15) is 0 Å². The summed E-state index contributed by atoms with van der Waals surface area (Å²) in [6, 6.07) is 5.03. The summed E-state index contributed by atoms with van der Waals surface area (Å²) in [5.41, 5.74) is 7.98. The average molecular weight is 446 g/mol. The summed E-state index contributed by atoms with van der Waals surface area (Å²) >= 11 is 20.9. The first-order valence-corrected chi connectivity index (χ1v) is 8.33. The fraction of sp³-hybridized carbons (Fsp3) is 0.167. The summed E-state index contributed by atoms with van der Waals surface area (Å²) < 4.78 is 7.09. The Hall–Kier alpha value is 0.220. The highest BCUT2D eigenvalue weighted by Gasteiger charge is 2.19. The van der Waals surface area contributed by atoms with Crippen molar-refractivity contribution >= 4 is 66.4 Å². The number of rotatable bonds is 3. The maximum atomic E-state index is 6.26. The van der Waals surface area contributed by atoms with Gasteiger partial charge in [0.15, 0.2) is 0 Å². The van der Waals surface area contributed by atoms with Crippen molar-refractivity contribution in [1.82, 2.24) is 0 Å². The van der Waals surface area contributed by atoms with Crippen LogP contribution in [0.3, 0.4) is 0 Å². The van der Waals surface area contributed by atoms with Gasteiger partial charge in [0, 0.05) is 11.1 Å². The highest BCUT2D eigenvalue weighted by Crippen LogP contribution is 2.40. The van der Waals surface area contributed by atoms with Crippen LogP contribution in [0.1, 0.15) is 17.2 Å². The smallest absolute Gasteiger partial charge is 0.138 e. The largest absolute Gasteiger partial charge is 0.495 e. The van der Waals surface area contributed by atoms with Crippen LogP contribution >= 0.6 is 66.4 Å². The maximum absolute atomic E-state index is 6.26. The lowest BCUT2D eigenvalue weighted by Gasteiger charge is -2.15. The maximum Gasteiger partial charge on any atom is 0.138 e. The van der Waals surface area contributed by atoms with Gasteiger partial charge in [-0.15, -0.1) is 11.3 Å². The topological polar surface area (TPSA) is 35.2 Å². The Balaban J connectivity index is 2.47. The van der Waals surface area contributed by atoms with Gasteiger partial charge in [0.25, 0.3) is 0 Å². The zero-order valence-electron chi connectivity index (χ0n) is 9.72. The molecule has 0 amide bonds. The summed E-state index contributed by atoms with van der Waals surface area (Å²) in [6.07, 6.45) is 0. The number of halogens is 4. The first-order chi connectivity index (χ1) is 8.93. The Labute approximate surface area is 142 Å².